The van der Waals surface area contributed by atoms with Crippen LogP contribution in [0, 0.1) is 12.7 Å². The summed E-state index contributed by atoms with van der Waals surface area (Å²) in [6.45, 7) is 1.80. The van der Waals surface area contributed by atoms with Crippen molar-refractivity contribution in [3.63, 3.8) is 0 Å². The fraction of sp³-hybridized carbons (Fsp3) is 0.0625. The lowest BCUT2D eigenvalue weighted by molar-refractivity contribution is 0.101. The van der Waals surface area contributed by atoms with E-state index in [0.717, 1.165) is 10.9 Å². The van der Waals surface area contributed by atoms with Gasteiger partial charge in [0.25, 0.3) is 0 Å². The molecule has 1 aromatic heterocycles. The molecule has 0 N–H and O–H groups in total. The molecule has 0 fully saturated rings. The highest BCUT2D eigenvalue weighted by Crippen LogP contribution is 2.29. The number of halogens is 2. The summed E-state index contributed by atoms with van der Waals surface area (Å²) >= 11 is 5.95. The summed E-state index contributed by atoms with van der Waals surface area (Å²) in [6, 6.07) is 10.6. The van der Waals surface area contributed by atoms with Gasteiger partial charge in [-0.3, -0.25) is 4.79 Å². The number of benzene rings is 2. The molecule has 0 atom stereocenters. The van der Waals surface area contributed by atoms with Gasteiger partial charge < -0.3 is 4.42 Å². The first kappa shape index (κ1) is 12.9. The average molecular weight is 289 g/mol. The van der Waals surface area contributed by atoms with Crippen molar-refractivity contribution in [2.45, 2.75) is 6.92 Å². The number of hydrogen-bond acceptors (Lipinski definition) is 2. The van der Waals surface area contributed by atoms with Crippen LogP contribution in [0.3, 0.4) is 0 Å². The second kappa shape index (κ2) is 4.76. The van der Waals surface area contributed by atoms with Crippen LogP contribution in [0.25, 0.3) is 11.0 Å². The molecule has 3 aromatic rings. The Morgan fingerprint density at radius 3 is 2.55 bits per heavy atom. The number of rotatable bonds is 2. The first-order valence-electron chi connectivity index (χ1n) is 6.05. The zero-order valence-corrected chi connectivity index (χ0v) is 11.4. The number of hydrogen-bond donors (Lipinski definition) is 0. The van der Waals surface area contributed by atoms with Crippen LogP contribution in [0.4, 0.5) is 4.39 Å². The van der Waals surface area contributed by atoms with Gasteiger partial charge in [-0.25, -0.2) is 4.39 Å². The summed E-state index contributed by atoms with van der Waals surface area (Å²) in [4.78, 5) is 12.4. The molecule has 0 aliphatic rings. The van der Waals surface area contributed by atoms with Crippen LogP contribution in [-0.2, 0) is 0 Å². The molecule has 0 amide bonds. The van der Waals surface area contributed by atoms with E-state index in [4.69, 9.17) is 16.0 Å². The Morgan fingerprint density at radius 2 is 1.85 bits per heavy atom. The van der Waals surface area contributed by atoms with Crippen LogP contribution in [0.1, 0.15) is 21.7 Å². The van der Waals surface area contributed by atoms with E-state index in [9.17, 15) is 9.18 Å². The van der Waals surface area contributed by atoms with Crippen molar-refractivity contribution in [1.29, 1.82) is 0 Å². The van der Waals surface area contributed by atoms with E-state index in [1.807, 2.05) is 0 Å². The molecule has 0 aliphatic carbocycles. The second-order valence-corrected chi connectivity index (χ2v) is 4.97. The molecule has 0 bridgehead atoms. The van der Waals surface area contributed by atoms with Crippen molar-refractivity contribution < 1.29 is 13.6 Å². The number of ketones is 1. The average Bonchev–Trinajstić information content (AvgIpc) is 2.76. The molecule has 0 radical (unpaired) electrons. The van der Waals surface area contributed by atoms with Gasteiger partial charge in [0.2, 0.25) is 5.78 Å². The van der Waals surface area contributed by atoms with E-state index in [1.54, 1.807) is 25.1 Å². The molecule has 3 rings (SSSR count). The Labute approximate surface area is 119 Å². The second-order valence-electron chi connectivity index (χ2n) is 4.53. The number of aryl methyl sites for hydroxylation is 1. The smallest absolute Gasteiger partial charge is 0.228 e. The standard InChI is InChI=1S/C16H10ClFO2/c1-9-13-8-11(17)4-7-14(13)20-16(9)15(19)10-2-5-12(18)6-3-10/h2-8H,1H3. The lowest BCUT2D eigenvalue weighted by Crippen LogP contribution is -2.01. The highest BCUT2D eigenvalue weighted by molar-refractivity contribution is 6.31. The fourth-order valence-corrected chi connectivity index (χ4v) is 2.31. The maximum absolute atomic E-state index is 12.9. The van der Waals surface area contributed by atoms with Crippen molar-refractivity contribution in [2.75, 3.05) is 0 Å². The minimum absolute atomic E-state index is 0.258. The lowest BCUT2D eigenvalue weighted by Gasteiger charge is -1.98. The maximum Gasteiger partial charge on any atom is 0.228 e. The molecule has 100 valence electrons. The molecule has 1 heterocycles. The third-order valence-corrected chi connectivity index (χ3v) is 3.45. The van der Waals surface area contributed by atoms with Gasteiger partial charge in [-0.2, -0.15) is 0 Å². The third kappa shape index (κ3) is 2.10. The van der Waals surface area contributed by atoms with Gasteiger partial charge in [0.1, 0.15) is 11.4 Å². The van der Waals surface area contributed by atoms with Crippen LogP contribution in [0.5, 0.6) is 0 Å². The van der Waals surface area contributed by atoms with Gasteiger partial charge in [0.05, 0.1) is 0 Å². The van der Waals surface area contributed by atoms with Crippen molar-refractivity contribution in [3.8, 4) is 0 Å². The van der Waals surface area contributed by atoms with Gasteiger partial charge in [-0.1, -0.05) is 11.6 Å². The summed E-state index contributed by atoms with van der Waals surface area (Å²) in [5.74, 6) is -0.390. The maximum atomic E-state index is 12.9. The Balaban J connectivity index is 2.12. The van der Waals surface area contributed by atoms with E-state index >= 15 is 0 Å². The van der Waals surface area contributed by atoms with Crippen molar-refractivity contribution >= 4 is 28.4 Å². The molecular formula is C16H10ClFO2. The minimum atomic E-state index is -0.380. The first-order valence-corrected chi connectivity index (χ1v) is 6.43. The van der Waals surface area contributed by atoms with Crippen molar-refractivity contribution in [3.05, 3.63) is 70.2 Å². The summed E-state index contributed by atoms with van der Waals surface area (Å²) in [5, 5.41) is 1.39. The molecule has 20 heavy (non-hydrogen) atoms. The van der Waals surface area contributed by atoms with E-state index in [-0.39, 0.29) is 17.4 Å². The summed E-state index contributed by atoms with van der Waals surface area (Å²) < 4.78 is 18.5. The summed E-state index contributed by atoms with van der Waals surface area (Å²) in [6.07, 6.45) is 0. The summed E-state index contributed by atoms with van der Waals surface area (Å²) in [7, 11) is 0. The van der Waals surface area contributed by atoms with Crippen LogP contribution < -0.4 is 0 Å². The highest BCUT2D eigenvalue weighted by Gasteiger charge is 2.19. The molecule has 2 nitrogen and oxygen atoms in total. The predicted molar refractivity (Wildman–Crippen MR) is 75.8 cm³/mol. The Kier molecular flexibility index (Phi) is 3.07. The Hall–Kier alpha value is -2.13. The Bertz CT molecular complexity index is 803. The zero-order valence-electron chi connectivity index (χ0n) is 10.6. The molecule has 0 aliphatic heterocycles. The van der Waals surface area contributed by atoms with Crippen LogP contribution in [0.15, 0.2) is 46.9 Å². The van der Waals surface area contributed by atoms with Crippen LogP contribution >= 0.6 is 11.6 Å². The first-order chi connectivity index (χ1) is 9.56. The van der Waals surface area contributed by atoms with Crippen molar-refractivity contribution in [2.24, 2.45) is 0 Å². The largest absolute Gasteiger partial charge is 0.452 e. The lowest BCUT2D eigenvalue weighted by atomic mass is 10.0. The van der Waals surface area contributed by atoms with Gasteiger partial charge >= 0.3 is 0 Å². The van der Waals surface area contributed by atoms with Crippen molar-refractivity contribution in [1.82, 2.24) is 0 Å². The highest BCUT2D eigenvalue weighted by atomic mass is 35.5. The van der Waals surface area contributed by atoms with E-state index in [2.05, 4.69) is 0 Å². The van der Waals surface area contributed by atoms with Gasteiger partial charge in [0.15, 0.2) is 5.76 Å². The topological polar surface area (TPSA) is 30.2 Å². The molecular weight excluding hydrogens is 279 g/mol. The molecule has 0 saturated carbocycles. The van der Waals surface area contributed by atoms with Gasteiger partial charge in [-0.15, -0.1) is 0 Å². The predicted octanol–water partition coefficient (Wildman–Crippen LogP) is 4.76. The normalized spacial score (nSPS) is 10.9. The number of carbonyl (C=O) groups is 1. The molecule has 2 aromatic carbocycles. The summed E-state index contributed by atoms with van der Waals surface area (Å²) in [5.41, 5.74) is 1.73. The number of carbonyl (C=O) groups excluding carboxylic acids is 1. The quantitative estimate of drug-likeness (QED) is 0.636. The molecule has 0 saturated heterocycles. The molecule has 0 unspecified atom stereocenters. The molecule has 0 spiro atoms. The monoisotopic (exact) mass is 288 g/mol. The molecule has 4 heteroatoms. The Morgan fingerprint density at radius 1 is 1.15 bits per heavy atom. The van der Waals surface area contributed by atoms with E-state index in [1.165, 1.54) is 24.3 Å². The van der Waals surface area contributed by atoms with Crippen LogP contribution in [-0.4, -0.2) is 5.78 Å². The third-order valence-electron chi connectivity index (χ3n) is 3.21. The zero-order chi connectivity index (χ0) is 14.3. The number of furan rings is 1. The van der Waals surface area contributed by atoms with Gasteiger partial charge in [0, 0.05) is 21.5 Å². The van der Waals surface area contributed by atoms with Gasteiger partial charge in [-0.05, 0) is 49.4 Å². The minimum Gasteiger partial charge on any atom is -0.452 e. The SMILES string of the molecule is Cc1c(C(=O)c2ccc(F)cc2)oc2ccc(Cl)cc12. The van der Waals surface area contributed by atoms with E-state index < -0.39 is 0 Å². The van der Waals surface area contributed by atoms with E-state index in [0.29, 0.717) is 16.2 Å². The number of fused-ring (bicyclic) bond motifs is 1. The fourth-order valence-electron chi connectivity index (χ4n) is 2.14. The van der Waals surface area contributed by atoms with Crippen LogP contribution in [0.2, 0.25) is 5.02 Å².